The zero-order chi connectivity index (χ0) is 19.8. The van der Waals surface area contributed by atoms with E-state index in [1.165, 1.54) is 7.11 Å². The molecule has 1 saturated heterocycles. The van der Waals surface area contributed by atoms with E-state index in [0.29, 0.717) is 29.7 Å². The topological polar surface area (TPSA) is 116 Å². The molecule has 3 rings (SSSR count). The molecule has 5 atom stereocenters. The van der Waals surface area contributed by atoms with E-state index in [-0.39, 0.29) is 0 Å². The standard InChI is InChI=1S/C20H28O7/c1-11-15(21)16(22)17(23)18(27-11)13-10-12(6-7-14(13)26-2)20(19(24)25)8-4-3-5-9-20/h6-7,10-11,15-18,21-23H,3-5,8-9H2,1-2H3,(H,24,25)/t11-,15+,16-,17-,18+/m0/s1. The summed E-state index contributed by atoms with van der Waals surface area (Å²) in [5.74, 6) is -0.415. The van der Waals surface area contributed by atoms with Crippen LogP contribution in [0.3, 0.4) is 0 Å². The molecule has 1 saturated carbocycles. The monoisotopic (exact) mass is 380 g/mol. The van der Waals surface area contributed by atoms with Crippen molar-refractivity contribution in [2.45, 2.75) is 75.0 Å². The van der Waals surface area contributed by atoms with E-state index < -0.39 is 41.9 Å². The molecule has 1 aromatic carbocycles. The lowest BCUT2D eigenvalue weighted by molar-refractivity contribution is -0.219. The molecule has 2 fully saturated rings. The average molecular weight is 380 g/mol. The van der Waals surface area contributed by atoms with Crippen molar-refractivity contribution in [3.63, 3.8) is 0 Å². The minimum Gasteiger partial charge on any atom is -0.496 e. The van der Waals surface area contributed by atoms with E-state index in [1.807, 2.05) is 0 Å². The maximum absolute atomic E-state index is 12.1. The van der Waals surface area contributed by atoms with Crippen molar-refractivity contribution in [2.75, 3.05) is 7.11 Å². The number of aliphatic hydroxyl groups is 3. The molecular weight excluding hydrogens is 352 g/mol. The molecule has 150 valence electrons. The molecule has 0 radical (unpaired) electrons. The van der Waals surface area contributed by atoms with Gasteiger partial charge in [-0.15, -0.1) is 0 Å². The van der Waals surface area contributed by atoms with Gasteiger partial charge in [0, 0.05) is 5.56 Å². The highest BCUT2D eigenvalue weighted by Crippen LogP contribution is 2.44. The summed E-state index contributed by atoms with van der Waals surface area (Å²) in [7, 11) is 1.48. The Labute approximate surface area is 158 Å². The van der Waals surface area contributed by atoms with Crippen LogP contribution in [0.15, 0.2) is 18.2 Å². The second-order valence-electron chi connectivity index (χ2n) is 7.64. The van der Waals surface area contributed by atoms with Crippen LogP contribution in [0.25, 0.3) is 0 Å². The van der Waals surface area contributed by atoms with Crippen LogP contribution in [0.4, 0.5) is 0 Å². The molecule has 4 N–H and O–H groups in total. The third kappa shape index (κ3) is 3.45. The van der Waals surface area contributed by atoms with Crippen LogP contribution in [0.2, 0.25) is 0 Å². The summed E-state index contributed by atoms with van der Waals surface area (Å²) in [6.07, 6.45) is -1.72. The molecule has 1 aromatic rings. The fourth-order valence-electron chi connectivity index (χ4n) is 4.34. The Morgan fingerprint density at radius 1 is 1.11 bits per heavy atom. The molecule has 0 spiro atoms. The number of carboxylic acid groups (broad SMARTS) is 1. The number of aliphatic hydroxyl groups excluding tert-OH is 3. The average Bonchev–Trinajstić information content (AvgIpc) is 2.69. The number of carbonyl (C=O) groups is 1. The number of rotatable bonds is 4. The Morgan fingerprint density at radius 2 is 1.78 bits per heavy atom. The van der Waals surface area contributed by atoms with Gasteiger partial charge in [-0.25, -0.2) is 0 Å². The van der Waals surface area contributed by atoms with Gasteiger partial charge in [-0.05, 0) is 37.5 Å². The molecule has 27 heavy (non-hydrogen) atoms. The van der Waals surface area contributed by atoms with Crippen molar-refractivity contribution in [1.82, 2.24) is 0 Å². The van der Waals surface area contributed by atoms with Crippen LogP contribution in [-0.2, 0) is 14.9 Å². The van der Waals surface area contributed by atoms with Gasteiger partial charge in [-0.2, -0.15) is 0 Å². The molecule has 0 aromatic heterocycles. The number of ether oxygens (including phenoxy) is 2. The largest absolute Gasteiger partial charge is 0.496 e. The smallest absolute Gasteiger partial charge is 0.314 e. The lowest BCUT2D eigenvalue weighted by Gasteiger charge is -2.40. The minimum atomic E-state index is -1.37. The van der Waals surface area contributed by atoms with Crippen molar-refractivity contribution in [1.29, 1.82) is 0 Å². The second-order valence-corrected chi connectivity index (χ2v) is 7.64. The van der Waals surface area contributed by atoms with Gasteiger partial charge >= 0.3 is 5.97 Å². The summed E-state index contributed by atoms with van der Waals surface area (Å²) in [5, 5.41) is 40.5. The van der Waals surface area contributed by atoms with Gasteiger partial charge in [0.15, 0.2) is 0 Å². The highest BCUT2D eigenvalue weighted by Gasteiger charge is 2.45. The second kappa shape index (κ2) is 7.75. The highest BCUT2D eigenvalue weighted by atomic mass is 16.5. The molecular formula is C20H28O7. The fourth-order valence-corrected chi connectivity index (χ4v) is 4.34. The summed E-state index contributed by atoms with van der Waals surface area (Å²) in [6, 6.07) is 5.15. The number of methoxy groups -OCH3 is 1. The van der Waals surface area contributed by atoms with Gasteiger partial charge in [-0.3, -0.25) is 4.79 Å². The Morgan fingerprint density at radius 3 is 2.37 bits per heavy atom. The highest BCUT2D eigenvalue weighted by molar-refractivity contribution is 5.81. The fraction of sp³-hybridized carbons (Fsp3) is 0.650. The summed E-state index contributed by atoms with van der Waals surface area (Å²) in [5.41, 5.74) is 0.156. The molecule has 1 aliphatic heterocycles. The molecule has 1 aliphatic carbocycles. The predicted octanol–water partition coefficient (Wildman–Crippen LogP) is 1.52. The quantitative estimate of drug-likeness (QED) is 0.626. The van der Waals surface area contributed by atoms with E-state index in [1.54, 1.807) is 25.1 Å². The van der Waals surface area contributed by atoms with E-state index >= 15 is 0 Å². The molecule has 7 nitrogen and oxygen atoms in total. The third-order valence-corrected chi connectivity index (χ3v) is 6.06. The normalized spacial score (nSPS) is 33.4. The molecule has 1 heterocycles. The molecule has 2 aliphatic rings. The first-order valence-corrected chi connectivity index (χ1v) is 9.43. The molecule has 0 bridgehead atoms. The maximum atomic E-state index is 12.1. The van der Waals surface area contributed by atoms with Crippen molar-refractivity contribution in [2.24, 2.45) is 0 Å². The Kier molecular flexibility index (Phi) is 5.76. The van der Waals surface area contributed by atoms with E-state index in [2.05, 4.69) is 0 Å². The van der Waals surface area contributed by atoms with Crippen LogP contribution in [-0.4, -0.2) is 57.9 Å². The molecule has 7 heteroatoms. The Hall–Kier alpha value is -1.67. The van der Waals surface area contributed by atoms with Gasteiger partial charge in [0.25, 0.3) is 0 Å². The summed E-state index contributed by atoms with van der Waals surface area (Å²) < 4.78 is 11.2. The number of benzene rings is 1. The zero-order valence-corrected chi connectivity index (χ0v) is 15.7. The first kappa shape index (κ1) is 20.1. The summed E-state index contributed by atoms with van der Waals surface area (Å²) in [4.78, 5) is 12.1. The molecule has 0 unspecified atom stereocenters. The van der Waals surface area contributed by atoms with Gasteiger partial charge in [0.2, 0.25) is 0 Å². The number of carboxylic acids is 1. The summed E-state index contributed by atoms with van der Waals surface area (Å²) >= 11 is 0. The van der Waals surface area contributed by atoms with Crippen molar-refractivity contribution < 1.29 is 34.7 Å². The Bertz CT molecular complexity index is 683. The van der Waals surface area contributed by atoms with E-state index in [9.17, 15) is 25.2 Å². The van der Waals surface area contributed by atoms with Crippen molar-refractivity contribution >= 4 is 5.97 Å². The van der Waals surface area contributed by atoms with E-state index in [4.69, 9.17) is 9.47 Å². The lowest BCUT2D eigenvalue weighted by atomic mass is 9.69. The first-order chi connectivity index (χ1) is 12.8. The predicted molar refractivity (Wildman–Crippen MR) is 96.7 cm³/mol. The summed E-state index contributed by atoms with van der Waals surface area (Å²) in [6.45, 7) is 1.61. The number of hydrogen-bond acceptors (Lipinski definition) is 6. The van der Waals surface area contributed by atoms with Crippen LogP contribution in [0, 0.1) is 0 Å². The van der Waals surface area contributed by atoms with Crippen LogP contribution in [0.1, 0.15) is 56.3 Å². The zero-order valence-electron chi connectivity index (χ0n) is 15.7. The van der Waals surface area contributed by atoms with Crippen LogP contribution < -0.4 is 4.74 Å². The Balaban J connectivity index is 2.05. The van der Waals surface area contributed by atoms with Gasteiger partial charge in [0.1, 0.15) is 30.2 Å². The van der Waals surface area contributed by atoms with Gasteiger partial charge in [-0.1, -0.05) is 25.3 Å². The first-order valence-electron chi connectivity index (χ1n) is 9.43. The number of hydrogen-bond donors (Lipinski definition) is 4. The van der Waals surface area contributed by atoms with Crippen LogP contribution in [0.5, 0.6) is 5.75 Å². The van der Waals surface area contributed by atoms with Crippen molar-refractivity contribution in [3.8, 4) is 5.75 Å². The van der Waals surface area contributed by atoms with Crippen LogP contribution >= 0.6 is 0 Å². The SMILES string of the molecule is COc1ccc(C2(C(=O)O)CCCCC2)cc1[C@H]1O[C@@H](C)[C@@H](O)[C@H](O)[C@@H]1O. The maximum Gasteiger partial charge on any atom is 0.314 e. The lowest BCUT2D eigenvalue weighted by Crippen LogP contribution is -2.53. The van der Waals surface area contributed by atoms with Gasteiger partial charge < -0.3 is 29.9 Å². The minimum absolute atomic E-state index is 0.440. The van der Waals surface area contributed by atoms with Crippen molar-refractivity contribution in [3.05, 3.63) is 29.3 Å². The third-order valence-electron chi connectivity index (χ3n) is 6.06. The molecule has 0 amide bonds. The number of aliphatic carboxylic acids is 1. The van der Waals surface area contributed by atoms with Gasteiger partial charge in [0.05, 0.1) is 18.6 Å². The van der Waals surface area contributed by atoms with E-state index in [0.717, 1.165) is 19.3 Å².